The highest BCUT2D eigenvalue weighted by molar-refractivity contribution is 5.94. The molecule has 104 valence electrons. The van der Waals surface area contributed by atoms with Gasteiger partial charge < -0.3 is 10.4 Å². The first-order valence-corrected chi connectivity index (χ1v) is 5.71. The average Bonchev–Trinajstić information content (AvgIpc) is 2.41. The molecule has 0 aliphatic rings. The molecule has 1 aromatic heterocycles. The van der Waals surface area contributed by atoms with E-state index in [-0.39, 0.29) is 23.0 Å². The third kappa shape index (κ3) is 2.37. The maximum absolute atomic E-state index is 14.0. The number of carboxylic acid groups (broad SMARTS) is 1. The number of hydrogen-bond donors (Lipinski definition) is 2. The van der Waals surface area contributed by atoms with Gasteiger partial charge in [-0.05, 0) is 18.2 Å². The van der Waals surface area contributed by atoms with Crippen LogP contribution in [0.15, 0.2) is 29.1 Å². The fourth-order valence-corrected chi connectivity index (χ4v) is 1.90. The van der Waals surface area contributed by atoms with E-state index in [1.807, 2.05) is 0 Å². The van der Waals surface area contributed by atoms with Gasteiger partial charge >= 0.3 is 5.97 Å². The molecule has 1 heterocycles. The van der Waals surface area contributed by atoms with Crippen LogP contribution in [0, 0.1) is 5.82 Å². The number of likely N-dealkylation sites (N-methyl/N-ethyl adjacent to an activating group) is 1. The Hall–Kier alpha value is -2.70. The monoisotopic (exact) mass is 278 g/mol. The molecule has 2 rings (SSSR count). The Bertz CT molecular complexity index is 767. The van der Waals surface area contributed by atoms with Gasteiger partial charge in [0.2, 0.25) is 5.91 Å². The molecular weight excluding hydrogens is 267 g/mol. The van der Waals surface area contributed by atoms with E-state index in [0.717, 1.165) is 16.7 Å². The first-order chi connectivity index (χ1) is 9.43. The smallest absolute Gasteiger partial charge is 0.335 e. The van der Waals surface area contributed by atoms with Crippen LogP contribution in [-0.2, 0) is 11.3 Å². The molecule has 0 atom stereocenters. The number of pyridine rings is 1. The Kier molecular flexibility index (Phi) is 3.51. The molecule has 1 amide bonds. The number of amides is 1. The van der Waals surface area contributed by atoms with Gasteiger partial charge in [-0.1, -0.05) is 0 Å². The summed E-state index contributed by atoms with van der Waals surface area (Å²) in [6, 6.07) is 4.56. The van der Waals surface area contributed by atoms with E-state index in [1.165, 1.54) is 19.2 Å². The zero-order valence-corrected chi connectivity index (χ0v) is 10.5. The van der Waals surface area contributed by atoms with Gasteiger partial charge in [0.15, 0.2) is 0 Å². The van der Waals surface area contributed by atoms with Gasteiger partial charge in [0.05, 0.1) is 11.1 Å². The van der Waals surface area contributed by atoms with Gasteiger partial charge in [-0.15, -0.1) is 0 Å². The molecule has 0 bridgehead atoms. The second kappa shape index (κ2) is 5.12. The second-order valence-corrected chi connectivity index (χ2v) is 4.13. The molecule has 0 spiro atoms. The van der Waals surface area contributed by atoms with Crippen molar-refractivity contribution in [1.82, 2.24) is 9.88 Å². The lowest BCUT2D eigenvalue weighted by atomic mass is 10.1. The molecule has 0 fully saturated rings. The molecule has 0 aliphatic carbocycles. The molecule has 0 radical (unpaired) electrons. The van der Waals surface area contributed by atoms with Gasteiger partial charge in [-0.3, -0.25) is 14.2 Å². The van der Waals surface area contributed by atoms with Crippen LogP contribution >= 0.6 is 0 Å². The normalized spacial score (nSPS) is 10.5. The summed E-state index contributed by atoms with van der Waals surface area (Å²) in [4.78, 5) is 34.0. The number of nitrogens with zero attached hydrogens (tertiary/aromatic N) is 1. The number of nitrogens with one attached hydrogen (secondary N) is 1. The predicted octanol–water partition coefficient (Wildman–Crippen LogP) is 0.585. The largest absolute Gasteiger partial charge is 0.478 e. The Balaban J connectivity index is 2.74. The zero-order valence-electron chi connectivity index (χ0n) is 10.5. The number of aromatic carboxylic acids is 1. The van der Waals surface area contributed by atoms with Crippen molar-refractivity contribution in [2.24, 2.45) is 0 Å². The first kappa shape index (κ1) is 13.7. The molecule has 6 nitrogen and oxygen atoms in total. The van der Waals surface area contributed by atoms with E-state index in [9.17, 15) is 18.8 Å². The number of halogens is 1. The summed E-state index contributed by atoms with van der Waals surface area (Å²) in [6.07, 6.45) is 0. The summed E-state index contributed by atoms with van der Waals surface area (Å²) < 4.78 is 15.0. The van der Waals surface area contributed by atoms with Crippen LogP contribution in [0.25, 0.3) is 10.9 Å². The van der Waals surface area contributed by atoms with E-state index in [1.54, 1.807) is 0 Å². The van der Waals surface area contributed by atoms with Crippen molar-refractivity contribution in [3.05, 3.63) is 46.0 Å². The highest BCUT2D eigenvalue weighted by Crippen LogP contribution is 2.19. The lowest BCUT2D eigenvalue weighted by molar-refractivity contribution is -0.121. The number of rotatable bonds is 3. The predicted molar refractivity (Wildman–Crippen MR) is 69.2 cm³/mol. The van der Waals surface area contributed by atoms with Crippen LogP contribution in [0.5, 0.6) is 0 Å². The maximum atomic E-state index is 14.0. The molecule has 2 aromatic rings. The minimum atomic E-state index is -1.27. The van der Waals surface area contributed by atoms with E-state index >= 15 is 0 Å². The summed E-state index contributed by atoms with van der Waals surface area (Å²) in [5.41, 5.74) is -0.852. The maximum Gasteiger partial charge on any atom is 0.335 e. The molecule has 7 heteroatoms. The number of carboxylic acids is 1. The van der Waals surface area contributed by atoms with Crippen molar-refractivity contribution in [2.45, 2.75) is 6.54 Å². The van der Waals surface area contributed by atoms with Gasteiger partial charge in [-0.2, -0.15) is 0 Å². The van der Waals surface area contributed by atoms with Crippen molar-refractivity contribution in [1.29, 1.82) is 0 Å². The van der Waals surface area contributed by atoms with Crippen LogP contribution in [0.4, 0.5) is 4.39 Å². The number of carbonyl (C=O) groups excluding carboxylic acids is 1. The van der Waals surface area contributed by atoms with Crippen molar-refractivity contribution < 1.29 is 19.1 Å². The van der Waals surface area contributed by atoms with Gasteiger partial charge in [-0.25, -0.2) is 9.18 Å². The van der Waals surface area contributed by atoms with Crippen molar-refractivity contribution in [2.75, 3.05) is 7.05 Å². The molecule has 0 saturated heterocycles. The lowest BCUT2D eigenvalue weighted by Gasteiger charge is -2.10. The SMILES string of the molecule is CNC(=O)Cn1c(=O)ccc2cc(C(=O)O)cc(F)c21. The number of carbonyl (C=O) groups is 2. The van der Waals surface area contributed by atoms with Crippen LogP contribution in [0.1, 0.15) is 10.4 Å². The Morgan fingerprint density at radius 2 is 2.05 bits per heavy atom. The lowest BCUT2D eigenvalue weighted by Crippen LogP contribution is -2.30. The van der Waals surface area contributed by atoms with E-state index in [2.05, 4.69) is 5.32 Å². The highest BCUT2D eigenvalue weighted by Gasteiger charge is 2.14. The molecule has 0 unspecified atom stereocenters. The molecule has 0 aliphatic heterocycles. The second-order valence-electron chi connectivity index (χ2n) is 4.13. The molecule has 2 N–H and O–H groups in total. The third-order valence-corrected chi connectivity index (χ3v) is 2.86. The Labute approximate surface area is 112 Å². The first-order valence-electron chi connectivity index (χ1n) is 5.71. The number of aromatic nitrogens is 1. The highest BCUT2D eigenvalue weighted by atomic mass is 19.1. The quantitative estimate of drug-likeness (QED) is 0.859. The molecular formula is C13H11FN2O4. The summed E-state index contributed by atoms with van der Waals surface area (Å²) in [5, 5.41) is 11.5. The standard InChI is InChI=1S/C13H11FN2O4/c1-15-10(17)6-16-11(18)3-2-7-4-8(13(19)20)5-9(14)12(7)16/h2-5H,6H2,1H3,(H,15,17)(H,19,20). The van der Waals surface area contributed by atoms with Crippen molar-refractivity contribution in [3.63, 3.8) is 0 Å². The Morgan fingerprint density at radius 3 is 2.65 bits per heavy atom. The van der Waals surface area contributed by atoms with E-state index in [0.29, 0.717) is 0 Å². The third-order valence-electron chi connectivity index (χ3n) is 2.86. The van der Waals surface area contributed by atoms with E-state index in [4.69, 9.17) is 5.11 Å². The molecule has 20 heavy (non-hydrogen) atoms. The number of benzene rings is 1. The van der Waals surface area contributed by atoms with Crippen molar-refractivity contribution >= 4 is 22.8 Å². The minimum absolute atomic E-state index is 0.0916. The zero-order chi connectivity index (χ0) is 14.9. The van der Waals surface area contributed by atoms with Gasteiger partial charge in [0.1, 0.15) is 12.4 Å². The van der Waals surface area contributed by atoms with Gasteiger partial charge in [0.25, 0.3) is 5.56 Å². The number of hydrogen-bond acceptors (Lipinski definition) is 3. The van der Waals surface area contributed by atoms with Crippen molar-refractivity contribution in [3.8, 4) is 0 Å². The minimum Gasteiger partial charge on any atom is -0.478 e. The van der Waals surface area contributed by atoms with Crippen LogP contribution in [0.2, 0.25) is 0 Å². The fraction of sp³-hybridized carbons (Fsp3) is 0.154. The van der Waals surface area contributed by atoms with Gasteiger partial charge in [0, 0.05) is 18.5 Å². The Morgan fingerprint density at radius 1 is 1.35 bits per heavy atom. The van der Waals surface area contributed by atoms with E-state index < -0.39 is 23.3 Å². The summed E-state index contributed by atoms with van der Waals surface area (Å²) in [6.45, 7) is -0.337. The van der Waals surface area contributed by atoms with Crippen LogP contribution < -0.4 is 10.9 Å². The summed E-state index contributed by atoms with van der Waals surface area (Å²) in [7, 11) is 1.40. The molecule has 1 aromatic carbocycles. The summed E-state index contributed by atoms with van der Waals surface area (Å²) >= 11 is 0. The summed E-state index contributed by atoms with van der Waals surface area (Å²) in [5.74, 6) is -2.59. The van der Waals surface area contributed by atoms with Crippen LogP contribution in [0.3, 0.4) is 0 Å². The number of fused-ring (bicyclic) bond motifs is 1. The average molecular weight is 278 g/mol. The topological polar surface area (TPSA) is 88.4 Å². The molecule has 0 saturated carbocycles. The van der Waals surface area contributed by atoms with Crippen LogP contribution in [-0.4, -0.2) is 28.6 Å². The fourth-order valence-electron chi connectivity index (χ4n) is 1.90.